The fourth-order valence-electron chi connectivity index (χ4n) is 2.15. The van der Waals surface area contributed by atoms with Gasteiger partial charge in [0.25, 0.3) is 0 Å². The Kier molecular flexibility index (Phi) is 3.93. The molecule has 6 heteroatoms. The fraction of sp³-hybridized carbons (Fsp3) is 0.0625. The first kappa shape index (κ1) is 14.3. The van der Waals surface area contributed by atoms with Gasteiger partial charge in [0, 0.05) is 17.4 Å². The largest absolute Gasteiger partial charge is 0.285 e. The molecular weight excluding hydrogens is 298 g/mol. The number of sulfonamides is 1. The molecule has 112 valence electrons. The second-order valence-electron chi connectivity index (χ2n) is 4.91. The summed E-state index contributed by atoms with van der Waals surface area (Å²) in [5, 5.41) is 6.64. The Morgan fingerprint density at radius 3 is 2.32 bits per heavy atom. The van der Waals surface area contributed by atoms with Crippen LogP contribution in [0, 0.1) is 0 Å². The van der Waals surface area contributed by atoms with E-state index in [0.29, 0.717) is 5.69 Å². The van der Waals surface area contributed by atoms with Gasteiger partial charge in [-0.3, -0.25) is 9.82 Å². The zero-order valence-corrected chi connectivity index (χ0v) is 12.5. The van der Waals surface area contributed by atoms with Crippen molar-refractivity contribution in [2.24, 2.45) is 0 Å². The highest BCUT2D eigenvalue weighted by Crippen LogP contribution is 2.21. The van der Waals surface area contributed by atoms with Gasteiger partial charge in [0.15, 0.2) is 0 Å². The number of hydrogen-bond donors (Lipinski definition) is 2. The maximum atomic E-state index is 12.2. The first-order chi connectivity index (χ1) is 10.6. The van der Waals surface area contributed by atoms with Crippen LogP contribution in [0.5, 0.6) is 0 Å². The van der Waals surface area contributed by atoms with E-state index in [9.17, 15) is 8.42 Å². The van der Waals surface area contributed by atoms with E-state index in [1.807, 2.05) is 30.3 Å². The molecule has 0 atom stereocenters. The minimum absolute atomic E-state index is 0.0443. The van der Waals surface area contributed by atoms with Crippen LogP contribution in [0.15, 0.2) is 67.0 Å². The maximum Gasteiger partial charge on any atom is 0.236 e. The Morgan fingerprint density at radius 1 is 0.955 bits per heavy atom. The van der Waals surface area contributed by atoms with E-state index in [1.165, 1.54) is 0 Å². The maximum absolute atomic E-state index is 12.2. The lowest BCUT2D eigenvalue weighted by Crippen LogP contribution is -2.14. The van der Waals surface area contributed by atoms with Gasteiger partial charge in [-0.05, 0) is 23.3 Å². The number of nitrogens with one attached hydrogen (secondary N) is 2. The smallest absolute Gasteiger partial charge is 0.236 e. The minimum atomic E-state index is -3.42. The molecule has 22 heavy (non-hydrogen) atoms. The molecule has 0 fully saturated rings. The van der Waals surface area contributed by atoms with Gasteiger partial charge in [0.2, 0.25) is 10.0 Å². The molecule has 0 radical (unpaired) electrons. The molecule has 0 saturated carbocycles. The van der Waals surface area contributed by atoms with Gasteiger partial charge in [-0.1, -0.05) is 42.5 Å². The Bertz CT molecular complexity index is 827. The summed E-state index contributed by atoms with van der Waals surface area (Å²) >= 11 is 0. The number of aromatic amines is 1. The van der Waals surface area contributed by atoms with Gasteiger partial charge in [0.1, 0.15) is 0 Å². The average Bonchev–Trinajstić information content (AvgIpc) is 3.02. The number of aromatic nitrogens is 2. The molecule has 0 aliphatic heterocycles. The van der Waals surface area contributed by atoms with E-state index in [2.05, 4.69) is 14.9 Å². The molecule has 5 nitrogen and oxygen atoms in total. The zero-order chi connectivity index (χ0) is 15.4. The molecule has 0 unspecified atom stereocenters. The Morgan fingerprint density at radius 2 is 1.68 bits per heavy atom. The zero-order valence-electron chi connectivity index (χ0n) is 11.7. The van der Waals surface area contributed by atoms with Gasteiger partial charge < -0.3 is 0 Å². The highest BCUT2D eigenvalue weighted by molar-refractivity contribution is 7.91. The summed E-state index contributed by atoms with van der Waals surface area (Å²) in [7, 11) is -3.42. The van der Waals surface area contributed by atoms with E-state index in [0.717, 1.165) is 16.7 Å². The molecule has 2 N–H and O–H groups in total. The number of rotatable bonds is 5. The van der Waals surface area contributed by atoms with Gasteiger partial charge in [-0.25, -0.2) is 8.42 Å². The van der Waals surface area contributed by atoms with Crippen molar-refractivity contribution in [2.45, 2.75) is 5.75 Å². The van der Waals surface area contributed by atoms with Gasteiger partial charge in [-0.2, -0.15) is 5.10 Å². The first-order valence-electron chi connectivity index (χ1n) is 6.76. The van der Waals surface area contributed by atoms with Crippen LogP contribution in [0.2, 0.25) is 0 Å². The summed E-state index contributed by atoms with van der Waals surface area (Å²) in [6.45, 7) is 0. The average molecular weight is 313 g/mol. The third kappa shape index (κ3) is 3.53. The number of nitrogens with zero attached hydrogens (tertiary/aromatic N) is 1. The molecule has 0 saturated heterocycles. The number of benzene rings is 2. The summed E-state index contributed by atoms with van der Waals surface area (Å²) in [5.41, 5.74) is 3.23. The molecule has 0 bridgehead atoms. The lowest BCUT2D eigenvalue weighted by molar-refractivity contribution is 0.600. The third-order valence-corrected chi connectivity index (χ3v) is 4.45. The van der Waals surface area contributed by atoms with Crippen molar-refractivity contribution in [3.8, 4) is 11.1 Å². The molecule has 3 rings (SSSR count). The molecule has 1 heterocycles. The summed E-state index contributed by atoms with van der Waals surface area (Å²) in [5.74, 6) is -0.0443. The third-order valence-electron chi connectivity index (χ3n) is 3.19. The predicted molar refractivity (Wildman–Crippen MR) is 86.7 cm³/mol. The summed E-state index contributed by atoms with van der Waals surface area (Å²) in [6.07, 6.45) is 3.50. The molecule has 0 aliphatic rings. The number of hydrogen-bond acceptors (Lipinski definition) is 3. The van der Waals surface area contributed by atoms with Gasteiger partial charge in [0.05, 0.1) is 11.9 Å². The normalized spacial score (nSPS) is 11.3. The molecular formula is C16H15N3O2S. The summed E-state index contributed by atoms with van der Waals surface area (Å²) in [6, 6.07) is 16.3. The topological polar surface area (TPSA) is 74.8 Å². The quantitative estimate of drug-likeness (QED) is 0.760. The number of H-pyrrole nitrogens is 1. The minimum Gasteiger partial charge on any atom is -0.285 e. The molecule has 3 aromatic rings. The van der Waals surface area contributed by atoms with Crippen LogP contribution in [0.25, 0.3) is 11.1 Å². The van der Waals surface area contributed by atoms with E-state index in [-0.39, 0.29) is 5.75 Å². The molecule has 2 aromatic carbocycles. The summed E-state index contributed by atoms with van der Waals surface area (Å²) in [4.78, 5) is 0. The van der Waals surface area contributed by atoms with Crippen LogP contribution < -0.4 is 4.72 Å². The number of anilines is 1. The second kappa shape index (κ2) is 6.03. The molecule has 0 spiro atoms. The standard InChI is InChI=1S/C16H15N3O2S/c20-22(21,12-13-4-2-1-3-5-13)19-16-8-6-14(7-9-16)15-10-17-18-11-15/h1-11,19H,12H2,(H,17,18). The van der Waals surface area contributed by atoms with Crippen molar-refractivity contribution in [1.82, 2.24) is 10.2 Å². The van der Waals surface area contributed by atoms with Crippen molar-refractivity contribution in [2.75, 3.05) is 4.72 Å². The molecule has 0 aliphatic carbocycles. The van der Waals surface area contributed by atoms with Crippen LogP contribution in [0.4, 0.5) is 5.69 Å². The Balaban J connectivity index is 1.72. The van der Waals surface area contributed by atoms with Crippen molar-refractivity contribution in [3.05, 3.63) is 72.6 Å². The van der Waals surface area contributed by atoms with Crippen LogP contribution in [0.1, 0.15) is 5.56 Å². The van der Waals surface area contributed by atoms with Crippen molar-refractivity contribution in [1.29, 1.82) is 0 Å². The first-order valence-corrected chi connectivity index (χ1v) is 8.41. The van der Waals surface area contributed by atoms with E-state index < -0.39 is 10.0 Å². The van der Waals surface area contributed by atoms with E-state index in [4.69, 9.17) is 0 Å². The van der Waals surface area contributed by atoms with E-state index in [1.54, 1.807) is 36.7 Å². The highest BCUT2D eigenvalue weighted by Gasteiger charge is 2.11. The SMILES string of the molecule is O=S(=O)(Cc1ccccc1)Nc1ccc(-c2cn[nH]c2)cc1. The lowest BCUT2D eigenvalue weighted by Gasteiger charge is -2.08. The Hall–Kier alpha value is -2.60. The van der Waals surface area contributed by atoms with Crippen molar-refractivity contribution in [3.63, 3.8) is 0 Å². The van der Waals surface area contributed by atoms with Gasteiger partial charge in [-0.15, -0.1) is 0 Å². The van der Waals surface area contributed by atoms with Crippen molar-refractivity contribution < 1.29 is 8.42 Å². The van der Waals surface area contributed by atoms with Crippen LogP contribution in [0.3, 0.4) is 0 Å². The second-order valence-corrected chi connectivity index (χ2v) is 6.63. The molecule has 1 aromatic heterocycles. The van der Waals surface area contributed by atoms with E-state index >= 15 is 0 Å². The van der Waals surface area contributed by atoms with Crippen LogP contribution in [-0.4, -0.2) is 18.6 Å². The molecule has 0 amide bonds. The fourth-order valence-corrected chi connectivity index (χ4v) is 3.35. The van der Waals surface area contributed by atoms with Crippen molar-refractivity contribution >= 4 is 15.7 Å². The van der Waals surface area contributed by atoms with Crippen LogP contribution in [-0.2, 0) is 15.8 Å². The van der Waals surface area contributed by atoms with Gasteiger partial charge >= 0.3 is 0 Å². The highest BCUT2D eigenvalue weighted by atomic mass is 32.2. The van der Waals surface area contributed by atoms with Crippen LogP contribution >= 0.6 is 0 Å². The Labute approximate surface area is 129 Å². The lowest BCUT2D eigenvalue weighted by atomic mass is 10.1. The monoisotopic (exact) mass is 313 g/mol. The predicted octanol–water partition coefficient (Wildman–Crippen LogP) is 3.02. The summed E-state index contributed by atoms with van der Waals surface area (Å²) < 4.78 is 26.9.